The summed E-state index contributed by atoms with van der Waals surface area (Å²) in [5, 5.41) is 6.30. The van der Waals surface area contributed by atoms with E-state index in [0.717, 1.165) is 12.1 Å². The fraction of sp³-hybridized carbons (Fsp3) is 0.500. The van der Waals surface area contributed by atoms with Crippen molar-refractivity contribution in [2.45, 2.75) is 13.3 Å². The van der Waals surface area contributed by atoms with E-state index in [2.05, 4.69) is 10.6 Å². The van der Waals surface area contributed by atoms with Gasteiger partial charge in [0, 0.05) is 23.8 Å². The first-order chi connectivity index (χ1) is 10.4. The van der Waals surface area contributed by atoms with E-state index in [1.165, 1.54) is 0 Å². The van der Waals surface area contributed by atoms with Crippen LogP contribution in [-0.2, 0) is 9.59 Å². The van der Waals surface area contributed by atoms with Crippen LogP contribution in [-0.4, -0.2) is 43.9 Å². The van der Waals surface area contributed by atoms with Gasteiger partial charge in [0.1, 0.15) is 0 Å². The number of carbonyl (C=O) groups is 2. The van der Waals surface area contributed by atoms with E-state index >= 15 is 0 Å². The fourth-order valence-corrected chi connectivity index (χ4v) is 2.39. The van der Waals surface area contributed by atoms with E-state index in [-0.39, 0.29) is 23.7 Å². The highest BCUT2D eigenvalue weighted by atomic mass is 35.5. The Morgan fingerprint density at radius 2 is 1.95 bits per heavy atom. The fourth-order valence-electron chi connectivity index (χ4n) is 2.21. The van der Waals surface area contributed by atoms with Gasteiger partial charge in [-0.05, 0) is 45.1 Å². The summed E-state index contributed by atoms with van der Waals surface area (Å²) >= 11 is 6.03. The Morgan fingerprint density at radius 3 is 2.59 bits per heavy atom. The second kappa shape index (κ2) is 7.11. The molecule has 6 heteroatoms. The smallest absolute Gasteiger partial charge is 0.228 e. The number of anilines is 1. The summed E-state index contributed by atoms with van der Waals surface area (Å²) in [6, 6.07) is 5.40. The molecule has 22 heavy (non-hydrogen) atoms. The van der Waals surface area contributed by atoms with Crippen molar-refractivity contribution in [1.29, 1.82) is 0 Å². The molecule has 2 N–H and O–H groups in total. The van der Waals surface area contributed by atoms with Crippen LogP contribution in [0.2, 0.25) is 5.02 Å². The van der Waals surface area contributed by atoms with Crippen LogP contribution < -0.4 is 10.6 Å². The van der Waals surface area contributed by atoms with Crippen LogP contribution in [0.1, 0.15) is 12.0 Å². The van der Waals surface area contributed by atoms with Gasteiger partial charge >= 0.3 is 0 Å². The maximum absolute atomic E-state index is 12.1. The van der Waals surface area contributed by atoms with Gasteiger partial charge in [0.05, 0.1) is 11.8 Å². The minimum atomic E-state index is -0.237. The Balaban J connectivity index is 1.80. The molecule has 2 rings (SSSR count). The number of carbonyl (C=O) groups excluding carboxylic acids is 2. The average molecular weight is 324 g/mol. The first-order valence-electron chi connectivity index (χ1n) is 7.38. The number of nitrogens with one attached hydrogen (secondary N) is 2. The largest absolute Gasteiger partial charge is 0.355 e. The molecule has 2 unspecified atom stereocenters. The molecule has 0 spiro atoms. The number of hydrogen-bond donors (Lipinski definition) is 2. The van der Waals surface area contributed by atoms with Crippen LogP contribution >= 0.6 is 11.6 Å². The third kappa shape index (κ3) is 4.45. The summed E-state index contributed by atoms with van der Waals surface area (Å²) in [7, 11) is 3.90. The predicted octanol–water partition coefficient (Wildman–Crippen LogP) is 1.90. The number of aryl methyl sites for hydroxylation is 1. The lowest BCUT2D eigenvalue weighted by molar-refractivity contribution is -0.125. The van der Waals surface area contributed by atoms with Gasteiger partial charge in [-0.15, -0.1) is 0 Å². The summed E-state index contributed by atoms with van der Waals surface area (Å²) in [5.74, 6) is -0.598. The normalized spacial score (nSPS) is 19.9. The number of nitrogens with zero attached hydrogens (tertiary/aromatic N) is 1. The van der Waals surface area contributed by atoms with E-state index < -0.39 is 0 Å². The molecule has 2 atom stereocenters. The van der Waals surface area contributed by atoms with E-state index in [9.17, 15) is 9.59 Å². The van der Waals surface area contributed by atoms with Gasteiger partial charge in [0.15, 0.2) is 0 Å². The van der Waals surface area contributed by atoms with Crippen molar-refractivity contribution in [3.8, 4) is 0 Å². The molecule has 0 aliphatic heterocycles. The van der Waals surface area contributed by atoms with Gasteiger partial charge in [-0.3, -0.25) is 9.59 Å². The summed E-state index contributed by atoms with van der Waals surface area (Å²) in [6.07, 6.45) is 0.610. The van der Waals surface area contributed by atoms with Crippen molar-refractivity contribution in [3.63, 3.8) is 0 Å². The minimum Gasteiger partial charge on any atom is -0.355 e. The molecular weight excluding hydrogens is 302 g/mol. The molecule has 1 saturated carbocycles. The van der Waals surface area contributed by atoms with E-state index in [1.54, 1.807) is 6.07 Å². The molecule has 120 valence electrons. The monoisotopic (exact) mass is 323 g/mol. The van der Waals surface area contributed by atoms with Crippen molar-refractivity contribution in [1.82, 2.24) is 10.2 Å². The lowest BCUT2D eigenvalue weighted by atomic mass is 10.2. The molecule has 0 aromatic heterocycles. The average Bonchev–Trinajstić information content (AvgIpc) is 3.23. The molecule has 1 aliphatic carbocycles. The van der Waals surface area contributed by atoms with Gasteiger partial charge in [-0.25, -0.2) is 0 Å². The lowest BCUT2D eigenvalue weighted by Gasteiger charge is -2.10. The van der Waals surface area contributed by atoms with Crippen molar-refractivity contribution in [3.05, 3.63) is 28.8 Å². The molecular formula is C16H22ClN3O2. The zero-order chi connectivity index (χ0) is 16.3. The second-order valence-electron chi connectivity index (χ2n) is 6.00. The first kappa shape index (κ1) is 16.8. The first-order valence-corrected chi connectivity index (χ1v) is 7.75. The minimum absolute atomic E-state index is 0.0380. The zero-order valence-electron chi connectivity index (χ0n) is 13.1. The van der Waals surface area contributed by atoms with Crippen molar-refractivity contribution in [2.24, 2.45) is 11.8 Å². The molecule has 1 aliphatic rings. The maximum Gasteiger partial charge on any atom is 0.228 e. The quantitative estimate of drug-likeness (QED) is 0.840. The Kier molecular flexibility index (Phi) is 5.42. The third-order valence-corrected chi connectivity index (χ3v) is 4.17. The van der Waals surface area contributed by atoms with Crippen LogP contribution in [0.15, 0.2) is 18.2 Å². The molecule has 1 fully saturated rings. The van der Waals surface area contributed by atoms with E-state index in [4.69, 9.17) is 11.6 Å². The van der Waals surface area contributed by atoms with Crippen LogP contribution in [0.5, 0.6) is 0 Å². The third-order valence-electron chi connectivity index (χ3n) is 3.76. The number of likely N-dealkylation sites (N-methyl/N-ethyl adjacent to an activating group) is 1. The second-order valence-corrected chi connectivity index (χ2v) is 6.40. The zero-order valence-corrected chi connectivity index (χ0v) is 13.9. The lowest BCUT2D eigenvalue weighted by Crippen LogP contribution is -2.33. The summed E-state index contributed by atoms with van der Waals surface area (Å²) in [5.41, 5.74) is 1.63. The molecule has 0 bridgehead atoms. The van der Waals surface area contributed by atoms with Gasteiger partial charge < -0.3 is 15.5 Å². The molecule has 5 nitrogen and oxygen atoms in total. The SMILES string of the molecule is Cc1ccc(NC(=O)C2CC2C(=O)NCCN(C)C)cc1Cl. The maximum atomic E-state index is 12.1. The van der Waals surface area contributed by atoms with Gasteiger partial charge in [0.2, 0.25) is 11.8 Å². The van der Waals surface area contributed by atoms with Gasteiger partial charge in [-0.2, -0.15) is 0 Å². The standard InChI is InChI=1S/C16H22ClN3O2/c1-10-4-5-11(8-14(10)17)19-16(22)13-9-12(13)15(21)18-6-7-20(2)3/h4-5,8,12-13H,6-7,9H2,1-3H3,(H,18,21)(H,19,22). The van der Waals surface area contributed by atoms with Crippen LogP contribution in [0.4, 0.5) is 5.69 Å². The number of hydrogen-bond acceptors (Lipinski definition) is 3. The van der Waals surface area contributed by atoms with Crippen molar-refractivity contribution in [2.75, 3.05) is 32.5 Å². The molecule has 1 aromatic carbocycles. The highest BCUT2D eigenvalue weighted by Crippen LogP contribution is 2.39. The molecule has 0 heterocycles. The highest BCUT2D eigenvalue weighted by Gasteiger charge is 2.47. The number of amides is 2. The van der Waals surface area contributed by atoms with E-state index in [0.29, 0.717) is 23.7 Å². The molecule has 0 saturated heterocycles. The number of rotatable bonds is 6. The summed E-state index contributed by atoms with van der Waals surface area (Å²) < 4.78 is 0. The summed E-state index contributed by atoms with van der Waals surface area (Å²) in [6.45, 7) is 3.30. The number of halogens is 1. The van der Waals surface area contributed by atoms with Gasteiger partial charge in [0.25, 0.3) is 0 Å². The molecule has 0 radical (unpaired) electrons. The Morgan fingerprint density at radius 1 is 1.27 bits per heavy atom. The Labute approximate surface area is 136 Å². The van der Waals surface area contributed by atoms with Crippen LogP contribution in [0.3, 0.4) is 0 Å². The molecule has 2 amide bonds. The predicted molar refractivity (Wildman–Crippen MR) is 88.0 cm³/mol. The highest BCUT2D eigenvalue weighted by molar-refractivity contribution is 6.31. The summed E-state index contributed by atoms with van der Waals surface area (Å²) in [4.78, 5) is 26.0. The topological polar surface area (TPSA) is 61.4 Å². The Bertz CT molecular complexity index is 575. The van der Waals surface area contributed by atoms with E-state index in [1.807, 2.05) is 38.1 Å². The van der Waals surface area contributed by atoms with Crippen molar-refractivity contribution >= 4 is 29.1 Å². The Hall–Kier alpha value is -1.59. The van der Waals surface area contributed by atoms with Gasteiger partial charge in [-0.1, -0.05) is 17.7 Å². The number of benzene rings is 1. The van der Waals surface area contributed by atoms with Crippen LogP contribution in [0, 0.1) is 18.8 Å². The van der Waals surface area contributed by atoms with Crippen LogP contribution in [0.25, 0.3) is 0 Å². The molecule has 1 aromatic rings. The van der Waals surface area contributed by atoms with Crippen molar-refractivity contribution < 1.29 is 9.59 Å².